The molecule has 1 aromatic carbocycles. The quantitative estimate of drug-likeness (QED) is 0.812. The largest absolute Gasteiger partial charge is 0.399 e. The van der Waals surface area contributed by atoms with Crippen LogP contribution in [-0.2, 0) is 16.1 Å². The minimum Gasteiger partial charge on any atom is -0.399 e. The third kappa shape index (κ3) is 4.23. The van der Waals surface area contributed by atoms with Gasteiger partial charge < -0.3 is 15.8 Å². The van der Waals surface area contributed by atoms with E-state index in [2.05, 4.69) is 5.32 Å². The number of hydrogen-bond donors (Lipinski definition) is 2. The summed E-state index contributed by atoms with van der Waals surface area (Å²) in [6.45, 7) is 3.36. The number of amides is 1. The number of benzene rings is 1. The third-order valence-electron chi connectivity index (χ3n) is 3.93. The number of nitrogen functional groups attached to an aromatic ring is 1. The number of nitrogens with two attached hydrogens (primary N) is 1. The number of rotatable bonds is 5. The van der Waals surface area contributed by atoms with Crippen molar-refractivity contribution in [2.75, 3.05) is 12.3 Å². The van der Waals surface area contributed by atoms with Crippen molar-refractivity contribution >= 4 is 11.6 Å². The molecule has 1 atom stereocenters. The van der Waals surface area contributed by atoms with Gasteiger partial charge in [0.1, 0.15) is 0 Å². The fraction of sp³-hybridized carbons (Fsp3) is 0.562. The van der Waals surface area contributed by atoms with E-state index < -0.39 is 0 Å². The lowest BCUT2D eigenvalue weighted by Gasteiger charge is -2.22. The van der Waals surface area contributed by atoms with Gasteiger partial charge in [-0.3, -0.25) is 4.79 Å². The van der Waals surface area contributed by atoms with Crippen molar-refractivity contribution in [3.05, 3.63) is 29.3 Å². The number of anilines is 1. The highest BCUT2D eigenvalue weighted by Crippen LogP contribution is 2.17. The fourth-order valence-corrected chi connectivity index (χ4v) is 2.50. The standard InChI is InChI=1S/C16H24N2O2/c1-12-13(5-4-7-15(12)17)11-18-16(19)9-8-14-6-2-3-10-20-14/h4-5,7,14H,2-3,6,8-11,17H2,1H3,(H,18,19). The lowest BCUT2D eigenvalue weighted by Crippen LogP contribution is -2.26. The van der Waals surface area contributed by atoms with Crippen LogP contribution in [0.3, 0.4) is 0 Å². The van der Waals surface area contributed by atoms with E-state index >= 15 is 0 Å². The summed E-state index contributed by atoms with van der Waals surface area (Å²) in [5.41, 5.74) is 8.75. The average Bonchev–Trinajstić information content (AvgIpc) is 2.48. The van der Waals surface area contributed by atoms with Crippen LogP contribution in [0.1, 0.15) is 43.2 Å². The van der Waals surface area contributed by atoms with Gasteiger partial charge in [0.15, 0.2) is 0 Å². The molecule has 1 unspecified atom stereocenters. The maximum atomic E-state index is 11.9. The Morgan fingerprint density at radius 3 is 3.05 bits per heavy atom. The molecule has 1 fully saturated rings. The van der Waals surface area contributed by atoms with Gasteiger partial charge in [0, 0.05) is 25.3 Å². The summed E-state index contributed by atoms with van der Waals surface area (Å²) in [6.07, 6.45) is 5.07. The highest BCUT2D eigenvalue weighted by molar-refractivity contribution is 5.76. The molecule has 0 spiro atoms. The van der Waals surface area contributed by atoms with Gasteiger partial charge in [0.25, 0.3) is 0 Å². The van der Waals surface area contributed by atoms with Crippen LogP contribution in [0.5, 0.6) is 0 Å². The van der Waals surface area contributed by atoms with E-state index in [1.54, 1.807) is 0 Å². The molecule has 1 saturated heterocycles. The normalized spacial score (nSPS) is 18.8. The Balaban J connectivity index is 1.73. The second-order valence-corrected chi connectivity index (χ2v) is 5.44. The third-order valence-corrected chi connectivity index (χ3v) is 3.93. The maximum absolute atomic E-state index is 11.9. The van der Waals surface area contributed by atoms with E-state index in [4.69, 9.17) is 10.5 Å². The zero-order valence-corrected chi connectivity index (χ0v) is 12.2. The molecule has 3 N–H and O–H groups in total. The molecule has 1 aliphatic rings. The van der Waals surface area contributed by atoms with E-state index in [-0.39, 0.29) is 12.0 Å². The van der Waals surface area contributed by atoms with Crippen LogP contribution in [0, 0.1) is 6.92 Å². The van der Waals surface area contributed by atoms with Gasteiger partial charge >= 0.3 is 0 Å². The molecule has 0 saturated carbocycles. The first kappa shape index (κ1) is 14.9. The summed E-state index contributed by atoms with van der Waals surface area (Å²) in [6, 6.07) is 5.79. The molecule has 0 radical (unpaired) electrons. The minimum atomic E-state index is 0.0843. The van der Waals surface area contributed by atoms with E-state index in [0.717, 1.165) is 42.7 Å². The lowest BCUT2D eigenvalue weighted by molar-refractivity contribution is -0.122. The topological polar surface area (TPSA) is 64.3 Å². The maximum Gasteiger partial charge on any atom is 0.220 e. The monoisotopic (exact) mass is 276 g/mol. The van der Waals surface area contributed by atoms with Crippen molar-refractivity contribution in [1.82, 2.24) is 5.32 Å². The average molecular weight is 276 g/mol. The van der Waals surface area contributed by atoms with Crippen LogP contribution < -0.4 is 11.1 Å². The molecule has 1 heterocycles. The second-order valence-electron chi connectivity index (χ2n) is 5.44. The molecular weight excluding hydrogens is 252 g/mol. The van der Waals surface area contributed by atoms with Gasteiger partial charge in [0.05, 0.1) is 6.10 Å². The van der Waals surface area contributed by atoms with Crippen LogP contribution >= 0.6 is 0 Å². The van der Waals surface area contributed by atoms with Crippen LogP contribution in [-0.4, -0.2) is 18.6 Å². The summed E-state index contributed by atoms with van der Waals surface area (Å²) in [4.78, 5) is 11.9. The number of nitrogens with one attached hydrogen (secondary N) is 1. The first-order valence-corrected chi connectivity index (χ1v) is 7.39. The summed E-state index contributed by atoms with van der Waals surface area (Å²) in [5, 5.41) is 2.96. The number of carbonyl (C=O) groups is 1. The van der Waals surface area contributed by atoms with Gasteiger partial charge in [-0.15, -0.1) is 0 Å². The Kier molecular flexibility index (Phi) is 5.41. The molecular formula is C16H24N2O2. The number of carbonyl (C=O) groups excluding carboxylic acids is 1. The smallest absolute Gasteiger partial charge is 0.220 e. The molecule has 0 aromatic heterocycles. The zero-order valence-electron chi connectivity index (χ0n) is 12.2. The minimum absolute atomic E-state index is 0.0843. The molecule has 110 valence electrons. The Hall–Kier alpha value is -1.55. The lowest BCUT2D eigenvalue weighted by atomic mass is 10.0. The van der Waals surface area contributed by atoms with E-state index in [9.17, 15) is 4.79 Å². The van der Waals surface area contributed by atoms with Gasteiger partial charge in [-0.05, 0) is 49.8 Å². The van der Waals surface area contributed by atoms with Gasteiger partial charge in [-0.1, -0.05) is 12.1 Å². The van der Waals surface area contributed by atoms with E-state index in [0.29, 0.717) is 13.0 Å². The summed E-state index contributed by atoms with van der Waals surface area (Å²) in [7, 11) is 0. The number of ether oxygens (including phenoxy) is 1. The first-order chi connectivity index (χ1) is 9.66. The van der Waals surface area contributed by atoms with Crippen LogP contribution in [0.25, 0.3) is 0 Å². The van der Waals surface area contributed by atoms with Gasteiger partial charge in [0.2, 0.25) is 5.91 Å². The predicted molar refractivity (Wildman–Crippen MR) is 80.3 cm³/mol. The SMILES string of the molecule is Cc1c(N)cccc1CNC(=O)CCC1CCCCO1. The zero-order chi connectivity index (χ0) is 14.4. The Morgan fingerprint density at radius 1 is 1.45 bits per heavy atom. The molecule has 2 rings (SSSR count). The van der Waals surface area contributed by atoms with Crippen LogP contribution in [0.4, 0.5) is 5.69 Å². The van der Waals surface area contributed by atoms with Crippen molar-refractivity contribution in [2.45, 2.75) is 51.7 Å². The molecule has 1 amide bonds. The molecule has 20 heavy (non-hydrogen) atoms. The van der Waals surface area contributed by atoms with E-state index in [1.165, 1.54) is 6.42 Å². The van der Waals surface area contributed by atoms with Crippen molar-refractivity contribution in [2.24, 2.45) is 0 Å². The molecule has 0 bridgehead atoms. The molecule has 4 heteroatoms. The second kappa shape index (κ2) is 7.29. The Morgan fingerprint density at radius 2 is 2.30 bits per heavy atom. The highest BCUT2D eigenvalue weighted by atomic mass is 16.5. The van der Waals surface area contributed by atoms with Crippen molar-refractivity contribution in [1.29, 1.82) is 0 Å². The number of hydrogen-bond acceptors (Lipinski definition) is 3. The Labute approximate surface area is 120 Å². The molecule has 4 nitrogen and oxygen atoms in total. The van der Waals surface area contributed by atoms with E-state index in [1.807, 2.05) is 25.1 Å². The first-order valence-electron chi connectivity index (χ1n) is 7.39. The van der Waals surface area contributed by atoms with Crippen LogP contribution in [0.2, 0.25) is 0 Å². The highest BCUT2D eigenvalue weighted by Gasteiger charge is 2.15. The van der Waals surface area contributed by atoms with Crippen molar-refractivity contribution < 1.29 is 9.53 Å². The molecule has 1 aliphatic heterocycles. The summed E-state index contributed by atoms with van der Waals surface area (Å²) < 4.78 is 5.63. The van der Waals surface area contributed by atoms with Gasteiger partial charge in [-0.2, -0.15) is 0 Å². The van der Waals surface area contributed by atoms with Crippen molar-refractivity contribution in [3.63, 3.8) is 0 Å². The fourth-order valence-electron chi connectivity index (χ4n) is 2.50. The van der Waals surface area contributed by atoms with Crippen LogP contribution in [0.15, 0.2) is 18.2 Å². The van der Waals surface area contributed by atoms with Crippen molar-refractivity contribution in [3.8, 4) is 0 Å². The molecule has 0 aliphatic carbocycles. The Bertz CT molecular complexity index is 454. The summed E-state index contributed by atoms with van der Waals surface area (Å²) in [5.74, 6) is 0.0843. The van der Waals surface area contributed by atoms with Gasteiger partial charge in [-0.25, -0.2) is 0 Å². The summed E-state index contributed by atoms with van der Waals surface area (Å²) >= 11 is 0. The predicted octanol–water partition coefficient (Wildman–Crippen LogP) is 2.54. The molecule has 1 aromatic rings.